The first-order valence-electron chi connectivity index (χ1n) is 7.85. The van der Waals surface area contributed by atoms with E-state index in [0.29, 0.717) is 12.5 Å². The minimum Gasteiger partial charge on any atom is -0.370 e. The summed E-state index contributed by atoms with van der Waals surface area (Å²) < 4.78 is 0. The number of nitrogens with one attached hydrogen (secondary N) is 3. The second-order valence-electron chi connectivity index (χ2n) is 5.31. The van der Waals surface area contributed by atoms with Crippen LogP contribution in [0.25, 0.3) is 0 Å². The van der Waals surface area contributed by atoms with E-state index in [9.17, 15) is 4.79 Å². The van der Waals surface area contributed by atoms with Gasteiger partial charge in [-0.3, -0.25) is 4.79 Å². The molecular weight excluding hydrogens is 266 g/mol. The number of amides is 1. The van der Waals surface area contributed by atoms with Crippen molar-refractivity contribution >= 4 is 17.5 Å². The summed E-state index contributed by atoms with van der Waals surface area (Å²) in [6, 6.07) is 0.446. The molecule has 1 aliphatic carbocycles. The van der Waals surface area contributed by atoms with Gasteiger partial charge in [0.15, 0.2) is 0 Å². The Balaban J connectivity index is 1.78. The number of rotatable bonds is 9. The highest BCUT2D eigenvalue weighted by Gasteiger charge is 2.22. The second-order valence-corrected chi connectivity index (χ2v) is 5.31. The lowest BCUT2D eigenvalue weighted by Gasteiger charge is -2.13. The fourth-order valence-electron chi connectivity index (χ4n) is 2.20. The van der Waals surface area contributed by atoms with E-state index in [1.165, 1.54) is 0 Å². The van der Waals surface area contributed by atoms with Crippen LogP contribution in [0.2, 0.25) is 0 Å². The van der Waals surface area contributed by atoms with Gasteiger partial charge in [0.25, 0.3) is 0 Å². The van der Waals surface area contributed by atoms with E-state index in [1.54, 1.807) is 6.33 Å². The molecule has 1 aromatic rings. The van der Waals surface area contributed by atoms with Crippen LogP contribution in [-0.4, -0.2) is 35.0 Å². The highest BCUT2D eigenvalue weighted by atomic mass is 16.1. The van der Waals surface area contributed by atoms with Gasteiger partial charge in [-0.25, -0.2) is 9.97 Å². The molecule has 2 rings (SSSR count). The molecule has 1 aromatic heterocycles. The third kappa shape index (κ3) is 4.88. The van der Waals surface area contributed by atoms with Crippen molar-refractivity contribution in [1.29, 1.82) is 0 Å². The molecule has 116 valence electrons. The molecule has 3 N–H and O–H groups in total. The average molecular weight is 291 g/mol. The Kier molecular flexibility index (Phi) is 5.78. The van der Waals surface area contributed by atoms with E-state index in [4.69, 9.17) is 0 Å². The van der Waals surface area contributed by atoms with Gasteiger partial charge in [0.1, 0.15) is 18.0 Å². The van der Waals surface area contributed by atoms with Gasteiger partial charge in [-0.15, -0.1) is 0 Å². The fourth-order valence-corrected chi connectivity index (χ4v) is 2.20. The average Bonchev–Trinajstić information content (AvgIpc) is 3.28. The summed E-state index contributed by atoms with van der Waals surface area (Å²) in [6.45, 7) is 5.72. The molecule has 0 unspecified atom stereocenters. The van der Waals surface area contributed by atoms with Crippen molar-refractivity contribution < 1.29 is 4.79 Å². The smallest absolute Gasteiger partial charge is 0.220 e. The Morgan fingerprint density at radius 2 is 1.95 bits per heavy atom. The maximum atomic E-state index is 11.6. The minimum atomic E-state index is 0.158. The lowest BCUT2D eigenvalue weighted by atomic mass is 10.2. The van der Waals surface area contributed by atoms with E-state index in [1.807, 2.05) is 6.92 Å². The van der Waals surface area contributed by atoms with Gasteiger partial charge in [0, 0.05) is 31.1 Å². The Morgan fingerprint density at radius 3 is 2.57 bits per heavy atom. The summed E-state index contributed by atoms with van der Waals surface area (Å²) in [5, 5.41) is 9.56. The van der Waals surface area contributed by atoms with Crippen molar-refractivity contribution in [2.45, 2.75) is 52.0 Å². The van der Waals surface area contributed by atoms with Crippen LogP contribution in [-0.2, 0) is 11.2 Å². The van der Waals surface area contributed by atoms with E-state index in [2.05, 4.69) is 32.8 Å². The topological polar surface area (TPSA) is 78.9 Å². The van der Waals surface area contributed by atoms with Crippen LogP contribution in [0.15, 0.2) is 6.33 Å². The van der Waals surface area contributed by atoms with Crippen LogP contribution < -0.4 is 16.0 Å². The Morgan fingerprint density at radius 1 is 1.24 bits per heavy atom. The van der Waals surface area contributed by atoms with Crippen LogP contribution >= 0.6 is 0 Å². The molecule has 1 saturated carbocycles. The highest BCUT2D eigenvalue weighted by Crippen LogP contribution is 2.20. The molecule has 6 heteroatoms. The number of hydrogen-bond acceptors (Lipinski definition) is 5. The molecule has 0 aromatic carbocycles. The molecule has 0 atom stereocenters. The first kappa shape index (κ1) is 15.5. The highest BCUT2D eigenvalue weighted by molar-refractivity contribution is 5.76. The van der Waals surface area contributed by atoms with E-state index in [0.717, 1.165) is 56.0 Å². The monoisotopic (exact) mass is 291 g/mol. The molecule has 21 heavy (non-hydrogen) atoms. The largest absolute Gasteiger partial charge is 0.370 e. The van der Waals surface area contributed by atoms with Crippen LogP contribution in [0.4, 0.5) is 11.6 Å². The number of nitrogens with zero attached hydrogens (tertiary/aromatic N) is 2. The molecular formula is C15H25N5O. The van der Waals surface area contributed by atoms with Crippen LogP contribution in [0.3, 0.4) is 0 Å². The molecule has 0 radical (unpaired) electrons. The van der Waals surface area contributed by atoms with E-state index >= 15 is 0 Å². The SMILES string of the molecule is CCNc1ncnc(NCCCC(=O)NC2CC2)c1CC. The third-order valence-corrected chi connectivity index (χ3v) is 3.46. The molecule has 1 heterocycles. The normalized spacial score (nSPS) is 13.8. The number of hydrogen-bond donors (Lipinski definition) is 3. The number of carbonyl (C=O) groups excluding carboxylic acids is 1. The van der Waals surface area contributed by atoms with Gasteiger partial charge in [-0.2, -0.15) is 0 Å². The number of anilines is 2. The molecule has 0 aliphatic heterocycles. The zero-order chi connectivity index (χ0) is 15.1. The van der Waals surface area contributed by atoms with Gasteiger partial charge in [-0.1, -0.05) is 6.92 Å². The Labute approximate surface area is 126 Å². The van der Waals surface area contributed by atoms with Crippen molar-refractivity contribution in [3.05, 3.63) is 11.9 Å². The van der Waals surface area contributed by atoms with Crippen molar-refractivity contribution in [3.63, 3.8) is 0 Å². The molecule has 1 aliphatic rings. The van der Waals surface area contributed by atoms with Gasteiger partial charge in [-0.05, 0) is 32.6 Å². The Hall–Kier alpha value is -1.85. The molecule has 1 fully saturated rings. The van der Waals surface area contributed by atoms with Gasteiger partial charge in [0.2, 0.25) is 5.91 Å². The summed E-state index contributed by atoms with van der Waals surface area (Å²) in [5.41, 5.74) is 1.10. The molecule has 1 amide bonds. The van der Waals surface area contributed by atoms with Crippen LogP contribution in [0.5, 0.6) is 0 Å². The van der Waals surface area contributed by atoms with Gasteiger partial charge >= 0.3 is 0 Å². The molecule has 6 nitrogen and oxygen atoms in total. The first-order valence-corrected chi connectivity index (χ1v) is 7.85. The van der Waals surface area contributed by atoms with Gasteiger partial charge < -0.3 is 16.0 Å². The van der Waals surface area contributed by atoms with E-state index in [-0.39, 0.29) is 5.91 Å². The first-order chi connectivity index (χ1) is 10.2. The van der Waals surface area contributed by atoms with Crippen LogP contribution in [0, 0.1) is 0 Å². The molecule has 0 bridgehead atoms. The fraction of sp³-hybridized carbons (Fsp3) is 0.667. The van der Waals surface area contributed by atoms with Crippen LogP contribution in [0.1, 0.15) is 45.1 Å². The van der Waals surface area contributed by atoms with Gasteiger partial charge in [0.05, 0.1) is 0 Å². The Bertz CT molecular complexity index is 473. The molecule has 0 spiro atoms. The van der Waals surface area contributed by atoms with Crippen molar-refractivity contribution in [2.75, 3.05) is 23.7 Å². The summed E-state index contributed by atoms with van der Waals surface area (Å²) in [5.74, 6) is 1.92. The number of carbonyl (C=O) groups is 1. The predicted molar refractivity (Wildman–Crippen MR) is 84.5 cm³/mol. The third-order valence-electron chi connectivity index (χ3n) is 3.46. The maximum Gasteiger partial charge on any atom is 0.220 e. The standard InChI is InChI=1S/C15H25N5O/c1-3-12-14(16-4-2)18-10-19-15(12)17-9-5-6-13(21)20-11-7-8-11/h10-11H,3-9H2,1-2H3,(H,20,21)(H2,16,17,18,19). The maximum absolute atomic E-state index is 11.6. The second kappa shape index (κ2) is 7.81. The zero-order valence-corrected chi connectivity index (χ0v) is 12.9. The minimum absolute atomic E-state index is 0.158. The lowest BCUT2D eigenvalue weighted by Crippen LogP contribution is -2.25. The molecule has 0 saturated heterocycles. The lowest BCUT2D eigenvalue weighted by molar-refractivity contribution is -0.121. The van der Waals surface area contributed by atoms with Crippen molar-refractivity contribution in [1.82, 2.24) is 15.3 Å². The van der Waals surface area contributed by atoms with Crippen molar-refractivity contribution in [2.24, 2.45) is 0 Å². The zero-order valence-electron chi connectivity index (χ0n) is 12.9. The quantitative estimate of drug-likeness (QED) is 0.606. The number of aromatic nitrogens is 2. The van der Waals surface area contributed by atoms with Crippen molar-refractivity contribution in [3.8, 4) is 0 Å². The summed E-state index contributed by atoms with van der Waals surface area (Å²) in [6.07, 6.45) is 6.08. The summed E-state index contributed by atoms with van der Waals surface area (Å²) in [4.78, 5) is 20.2. The summed E-state index contributed by atoms with van der Waals surface area (Å²) >= 11 is 0. The van der Waals surface area contributed by atoms with E-state index < -0.39 is 0 Å². The predicted octanol–water partition coefficient (Wildman–Crippen LogP) is 1.94. The summed E-state index contributed by atoms with van der Waals surface area (Å²) in [7, 11) is 0.